The molecule has 3 N–H and O–H groups in total. The van der Waals surface area contributed by atoms with Crippen molar-refractivity contribution < 1.29 is 18.7 Å². The highest BCUT2D eigenvalue weighted by molar-refractivity contribution is 5.91. The number of nitrogens with zero attached hydrogens (tertiary/aromatic N) is 1. The fraction of sp³-hybridized carbons (Fsp3) is 0.263. The van der Waals surface area contributed by atoms with Crippen molar-refractivity contribution in [1.82, 2.24) is 10.2 Å². The number of carbonyl (C=O) groups is 2. The normalized spacial score (nSPS) is 11.6. The van der Waals surface area contributed by atoms with Crippen LogP contribution in [0.1, 0.15) is 11.6 Å². The number of likely N-dealkylation sites (N-methyl/N-ethyl adjacent to an activating group) is 1. The Kier molecular flexibility index (Phi) is 7.13. The molecule has 144 valence electrons. The number of hydrogen-bond donors (Lipinski definition) is 3. The number of benzene rings is 2. The largest absolute Gasteiger partial charge is 0.453 e. The highest BCUT2D eigenvalue weighted by atomic mass is 19.1. The van der Waals surface area contributed by atoms with Crippen molar-refractivity contribution in [3.05, 3.63) is 59.9 Å². The lowest BCUT2D eigenvalue weighted by atomic mass is 10.1. The summed E-state index contributed by atoms with van der Waals surface area (Å²) in [6.07, 6.45) is -0.597. The molecule has 0 heterocycles. The van der Waals surface area contributed by atoms with E-state index in [0.29, 0.717) is 17.9 Å². The molecular formula is C19H23FN4O3. The second kappa shape index (κ2) is 9.54. The number of rotatable bonds is 6. The van der Waals surface area contributed by atoms with E-state index in [1.54, 1.807) is 30.3 Å². The molecule has 2 rings (SSSR count). The molecule has 0 aliphatic carbocycles. The van der Waals surface area contributed by atoms with Crippen LogP contribution in [0.2, 0.25) is 0 Å². The van der Waals surface area contributed by atoms with E-state index in [4.69, 9.17) is 0 Å². The maximum absolute atomic E-state index is 13.5. The molecule has 0 aromatic heterocycles. The highest BCUT2D eigenvalue weighted by Gasteiger charge is 2.16. The molecule has 27 heavy (non-hydrogen) atoms. The number of carbonyl (C=O) groups excluding carboxylic acids is 2. The molecule has 0 fully saturated rings. The molecule has 1 atom stereocenters. The molecule has 8 heteroatoms. The minimum absolute atomic E-state index is 0.182. The summed E-state index contributed by atoms with van der Waals surface area (Å²) in [5, 5.41) is 7.99. The molecular weight excluding hydrogens is 351 g/mol. The number of anilines is 2. The maximum Gasteiger partial charge on any atom is 0.411 e. The van der Waals surface area contributed by atoms with Gasteiger partial charge in [0.15, 0.2) is 0 Å². The standard InChI is InChI=1S/C19H23FN4O3/c1-24(2)17(13-6-4-7-14(20)10-13)12-21-18(25)22-15-8-5-9-16(11-15)23-19(26)27-3/h4-11,17H,12H2,1-3H3,(H,23,26)(H2,21,22,25). The van der Waals surface area contributed by atoms with Gasteiger partial charge in [0.2, 0.25) is 0 Å². The lowest BCUT2D eigenvalue weighted by Crippen LogP contribution is -2.36. The lowest BCUT2D eigenvalue weighted by molar-refractivity contribution is 0.187. The monoisotopic (exact) mass is 374 g/mol. The van der Waals surface area contributed by atoms with Gasteiger partial charge in [0.1, 0.15) is 5.82 Å². The number of methoxy groups -OCH3 is 1. The van der Waals surface area contributed by atoms with Crippen molar-refractivity contribution in [3.8, 4) is 0 Å². The van der Waals surface area contributed by atoms with Crippen LogP contribution in [0.25, 0.3) is 0 Å². The summed E-state index contributed by atoms with van der Waals surface area (Å²) in [5.41, 5.74) is 1.77. The Morgan fingerprint density at radius 2 is 1.74 bits per heavy atom. The van der Waals surface area contributed by atoms with Crippen molar-refractivity contribution in [2.75, 3.05) is 38.4 Å². The third-order valence-corrected chi connectivity index (χ3v) is 3.86. The molecule has 0 radical (unpaired) electrons. The number of hydrogen-bond acceptors (Lipinski definition) is 4. The van der Waals surface area contributed by atoms with Crippen molar-refractivity contribution in [2.24, 2.45) is 0 Å². The fourth-order valence-corrected chi connectivity index (χ4v) is 2.52. The maximum atomic E-state index is 13.5. The molecule has 0 saturated heterocycles. The second-order valence-corrected chi connectivity index (χ2v) is 6.07. The van der Waals surface area contributed by atoms with E-state index in [2.05, 4.69) is 20.7 Å². The molecule has 0 bridgehead atoms. The summed E-state index contributed by atoms with van der Waals surface area (Å²) >= 11 is 0. The Bertz CT molecular complexity index is 798. The predicted molar refractivity (Wildman–Crippen MR) is 102 cm³/mol. The number of ether oxygens (including phenoxy) is 1. The number of halogens is 1. The molecule has 7 nitrogen and oxygen atoms in total. The van der Waals surface area contributed by atoms with Gasteiger partial charge < -0.3 is 20.3 Å². The Balaban J connectivity index is 1.96. The van der Waals surface area contributed by atoms with Gasteiger partial charge in [-0.25, -0.2) is 14.0 Å². The smallest absolute Gasteiger partial charge is 0.411 e. The van der Waals surface area contributed by atoms with Crippen molar-refractivity contribution in [3.63, 3.8) is 0 Å². The van der Waals surface area contributed by atoms with Crippen molar-refractivity contribution in [1.29, 1.82) is 0 Å². The lowest BCUT2D eigenvalue weighted by Gasteiger charge is -2.25. The Morgan fingerprint density at radius 3 is 2.37 bits per heavy atom. The number of nitrogens with one attached hydrogen (secondary N) is 3. The SMILES string of the molecule is COC(=O)Nc1cccc(NC(=O)NCC(c2cccc(F)c2)N(C)C)c1. The van der Waals surface area contributed by atoms with Crippen LogP contribution < -0.4 is 16.0 Å². The summed E-state index contributed by atoms with van der Waals surface area (Å²) in [4.78, 5) is 25.3. The summed E-state index contributed by atoms with van der Waals surface area (Å²) in [6.45, 7) is 0.294. The first kappa shape index (κ1) is 20.2. The molecule has 0 aliphatic heterocycles. The third-order valence-electron chi connectivity index (χ3n) is 3.86. The molecule has 2 aromatic carbocycles. The first-order valence-corrected chi connectivity index (χ1v) is 8.31. The first-order chi connectivity index (χ1) is 12.9. The number of amides is 3. The molecule has 0 spiro atoms. The van der Waals surface area contributed by atoms with E-state index in [9.17, 15) is 14.0 Å². The van der Waals surface area contributed by atoms with Crippen LogP contribution in [0.3, 0.4) is 0 Å². The zero-order valence-corrected chi connectivity index (χ0v) is 15.5. The molecule has 0 saturated carbocycles. The summed E-state index contributed by atoms with van der Waals surface area (Å²) in [7, 11) is 4.98. The van der Waals surface area contributed by atoms with E-state index in [1.807, 2.05) is 25.1 Å². The molecule has 2 aromatic rings. The van der Waals surface area contributed by atoms with Gasteiger partial charge in [-0.3, -0.25) is 5.32 Å². The van der Waals surface area contributed by atoms with E-state index in [-0.39, 0.29) is 11.9 Å². The van der Waals surface area contributed by atoms with Crippen LogP contribution in [0.5, 0.6) is 0 Å². The quantitative estimate of drug-likeness (QED) is 0.723. The Labute approximate surface area is 157 Å². The van der Waals surface area contributed by atoms with Crippen LogP contribution in [-0.4, -0.2) is 44.8 Å². The molecule has 0 aliphatic rings. The van der Waals surface area contributed by atoms with Crippen LogP contribution in [0, 0.1) is 5.82 Å². The first-order valence-electron chi connectivity index (χ1n) is 8.31. The van der Waals surface area contributed by atoms with Gasteiger partial charge in [0, 0.05) is 17.9 Å². The number of urea groups is 1. The van der Waals surface area contributed by atoms with E-state index in [0.717, 1.165) is 5.56 Å². The van der Waals surface area contributed by atoms with Crippen LogP contribution in [0.15, 0.2) is 48.5 Å². The van der Waals surface area contributed by atoms with Crippen molar-refractivity contribution >= 4 is 23.5 Å². The van der Waals surface area contributed by atoms with Gasteiger partial charge in [-0.1, -0.05) is 18.2 Å². The van der Waals surface area contributed by atoms with Gasteiger partial charge in [-0.05, 0) is 50.0 Å². The van der Waals surface area contributed by atoms with Crippen molar-refractivity contribution in [2.45, 2.75) is 6.04 Å². The fourth-order valence-electron chi connectivity index (χ4n) is 2.52. The van der Waals surface area contributed by atoms with Crippen LogP contribution in [0.4, 0.5) is 25.4 Å². The van der Waals surface area contributed by atoms with Crippen LogP contribution in [-0.2, 0) is 4.74 Å². The van der Waals surface area contributed by atoms with Gasteiger partial charge in [0.25, 0.3) is 0 Å². The predicted octanol–water partition coefficient (Wildman–Crippen LogP) is 3.43. The average Bonchev–Trinajstić information content (AvgIpc) is 2.62. The zero-order chi connectivity index (χ0) is 19.8. The van der Waals surface area contributed by atoms with E-state index < -0.39 is 12.1 Å². The van der Waals surface area contributed by atoms with Gasteiger partial charge >= 0.3 is 12.1 Å². The summed E-state index contributed by atoms with van der Waals surface area (Å²) < 4.78 is 18.0. The van der Waals surface area contributed by atoms with Gasteiger partial charge in [-0.15, -0.1) is 0 Å². The molecule has 3 amide bonds. The Hall–Kier alpha value is -3.13. The van der Waals surface area contributed by atoms with E-state index in [1.165, 1.54) is 19.2 Å². The third kappa shape index (κ3) is 6.27. The summed E-state index contributed by atoms with van der Waals surface area (Å²) in [5.74, 6) is -0.321. The minimum Gasteiger partial charge on any atom is -0.453 e. The van der Waals surface area contributed by atoms with Gasteiger partial charge in [0.05, 0.1) is 13.2 Å². The highest BCUT2D eigenvalue weighted by Crippen LogP contribution is 2.19. The topological polar surface area (TPSA) is 82.7 Å². The van der Waals surface area contributed by atoms with Crippen LogP contribution >= 0.6 is 0 Å². The Morgan fingerprint density at radius 1 is 1.07 bits per heavy atom. The average molecular weight is 374 g/mol. The van der Waals surface area contributed by atoms with Gasteiger partial charge in [-0.2, -0.15) is 0 Å². The van der Waals surface area contributed by atoms with E-state index >= 15 is 0 Å². The zero-order valence-electron chi connectivity index (χ0n) is 15.5. The summed E-state index contributed by atoms with van der Waals surface area (Å²) in [6, 6.07) is 12.4. The molecule has 1 unspecified atom stereocenters. The minimum atomic E-state index is -0.597. The second-order valence-electron chi connectivity index (χ2n) is 6.07.